The van der Waals surface area contributed by atoms with Gasteiger partial charge in [0.25, 0.3) is 0 Å². The third-order valence-corrected chi connectivity index (χ3v) is 18.8. The van der Waals surface area contributed by atoms with Crippen molar-refractivity contribution in [2.45, 2.75) is 162 Å². The zero-order valence-corrected chi connectivity index (χ0v) is 43.6. The minimum atomic E-state index is -0.0614. The summed E-state index contributed by atoms with van der Waals surface area (Å²) in [4.78, 5) is 21.1. The fourth-order valence-electron chi connectivity index (χ4n) is 9.60. The predicted molar refractivity (Wildman–Crippen MR) is 288 cm³/mol. The lowest BCUT2D eigenvalue weighted by Crippen LogP contribution is -2.25. The van der Waals surface area contributed by atoms with Crippen LogP contribution in [0, 0.1) is 0 Å². The molecule has 64 heavy (non-hydrogen) atoms. The van der Waals surface area contributed by atoms with Crippen LogP contribution in [0.1, 0.15) is 174 Å². The van der Waals surface area contributed by atoms with Crippen molar-refractivity contribution in [3.05, 3.63) is 91.6 Å². The standard InChI is InChI=1S/C53H65N5S6/c1-7-11-15-19-23-36-25-27-42(60-36)38-33-54-48(46(35(38)5)56-59-6)44-31-40-51(62-44)52-41(53(40,29-21-17-13-9-3)30-22-18-14-10-4)32-45(63-52)49-50-47(57-64-58-50)39(34-55-49)43-28-26-37(61-43)24-20-16-12-8-2/h25-28,31-34H,5,7-24,29-30H2,1-4,6H3. The second-order valence-electron chi connectivity index (χ2n) is 17.7. The summed E-state index contributed by atoms with van der Waals surface area (Å²) < 4.78 is 14.9. The maximum absolute atomic E-state index is 5.28. The van der Waals surface area contributed by atoms with E-state index in [2.05, 4.69) is 76.5 Å². The molecule has 1 aliphatic heterocycles. The number of thiophene rings is 4. The molecule has 0 saturated carbocycles. The van der Waals surface area contributed by atoms with Crippen LogP contribution in [0.2, 0.25) is 0 Å². The number of aliphatic imine (C=N–C) groups is 1. The van der Waals surface area contributed by atoms with Crippen LogP contribution in [0.5, 0.6) is 0 Å². The van der Waals surface area contributed by atoms with Crippen molar-refractivity contribution in [2.24, 2.45) is 9.39 Å². The summed E-state index contributed by atoms with van der Waals surface area (Å²) in [6, 6.07) is 14.2. The summed E-state index contributed by atoms with van der Waals surface area (Å²) in [6.07, 6.45) is 31.0. The number of hydrogen-bond donors (Lipinski definition) is 0. The van der Waals surface area contributed by atoms with Crippen LogP contribution >= 0.6 is 69.0 Å². The first-order chi connectivity index (χ1) is 31.4. The van der Waals surface area contributed by atoms with Gasteiger partial charge < -0.3 is 0 Å². The monoisotopic (exact) mass is 963 g/mol. The highest BCUT2D eigenvalue weighted by atomic mass is 32.2. The maximum atomic E-state index is 5.28. The molecule has 0 saturated heterocycles. The van der Waals surface area contributed by atoms with Gasteiger partial charge in [0, 0.05) is 70.0 Å². The molecular weight excluding hydrogens is 899 g/mol. The first-order valence-corrected chi connectivity index (χ1v) is 29.3. The van der Waals surface area contributed by atoms with E-state index >= 15 is 0 Å². The molecule has 6 aromatic rings. The van der Waals surface area contributed by atoms with Crippen molar-refractivity contribution in [3.8, 4) is 30.8 Å². The highest BCUT2D eigenvalue weighted by molar-refractivity contribution is 7.97. The number of pyridine rings is 1. The smallest absolute Gasteiger partial charge is 0.132 e. The average molecular weight is 965 g/mol. The van der Waals surface area contributed by atoms with E-state index in [1.165, 1.54) is 177 Å². The van der Waals surface area contributed by atoms with E-state index in [9.17, 15) is 0 Å². The number of fused-ring (bicyclic) bond motifs is 4. The minimum absolute atomic E-state index is 0.0614. The first-order valence-electron chi connectivity index (χ1n) is 24.1. The largest absolute Gasteiger partial charge is 0.252 e. The summed E-state index contributed by atoms with van der Waals surface area (Å²) in [5.74, 6) is 0. The minimum Gasteiger partial charge on any atom is -0.252 e. The van der Waals surface area contributed by atoms with Crippen LogP contribution < -0.4 is 0 Å². The fourth-order valence-corrected chi connectivity index (χ4v) is 15.4. The number of aromatic nitrogens is 3. The lowest BCUT2D eigenvalue weighted by atomic mass is 9.71. The van der Waals surface area contributed by atoms with Gasteiger partial charge in [0.15, 0.2) is 0 Å². The fraction of sp³-hybridized carbons (Fsp3) is 0.491. The zero-order valence-electron chi connectivity index (χ0n) is 38.7. The predicted octanol–water partition coefficient (Wildman–Crippen LogP) is 18.2. The van der Waals surface area contributed by atoms with Crippen molar-refractivity contribution >= 4 is 97.1 Å². The second kappa shape index (κ2) is 22.6. The normalized spacial score (nSPS) is 15.1. The number of unbranched alkanes of at least 4 members (excludes halogenated alkanes) is 12. The first kappa shape index (κ1) is 47.4. The SMILES string of the molecule is C=C1C(c2ccc(CCCCCC)s2)=CN=C(c2cc3c(s2)-c2sc(-c4ncc(-c5ccc(CCCCCC)s5)c5nsnc45)cc2C3(CCCCCC)CCCCCC)C1=NSC. The van der Waals surface area contributed by atoms with Crippen LogP contribution in [0.3, 0.4) is 0 Å². The molecule has 2 aliphatic rings. The molecule has 0 N–H and O–H groups in total. The van der Waals surface area contributed by atoms with Crippen molar-refractivity contribution < 1.29 is 0 Å². The van der Waals surface area contributed by atoms with E-state index in [0.29, 0.717) is 0 Å². The highest BCUT2D eigenvalue weighted by Crippen LogP contribution is 2.61. The molecule has 0 bridgehead atoms. The Kier molecular flexibility index (Phi) is 16.8. The Morgan fingerprint density at radius 2 is 1.19 bits per heavy atom. The van der Waals surface area contributed by atoms with Gasteiger partial charge in [0.2, 0.25) is 0 Å². The van der Waals surface area contributed by atoms with Gasteiger partial charge in [0.05, 0.1) is 21.5 Å². The number of allylic oxidation sites excluding steroid dienone is 2. The maximum Gasteiger partial charge on any atom is 0.132 e. The number of hydrogen-bond acceptors (Lipinski definition) is 11. The number of aryl methyl sites for hydroxylation is 2. The Hall–Kier alpha value is -3.06. The molecule has 0 aromatic carbocycles. The molecule has 1 aliphatic carbocycles. The lowest BCUT2D eigenvalue weighted by Gasteiger charge is -2.31. The van der Waals surface area contributed by atoms with Gasteiger partial charge in [-0.25, -0.2) is 4.40 Å². The third-order valence-electron chi connectivity index (χ3n) is 13.1. The van der Waals surface area contributed by atoms with E-state index in [1.807, 2.05) is 51.6 Å². The quantitative estimate of drug-likeness (QED) is 0.0424. The van der Waals surface area contributed by atoms with E-state index in [4.69, 9.17) is 29.7 Å². The average Bonchev–Trinajstić information content (AvgIpc) is 4.17. The molecule has 0 radical (unpaired) electrons. The Labute approximate surface area is 407 Å². The van der Waals surface area contributed by atoms with Gasteiger partial charge in [0.1, 0.15) is 28.2 Å². The molecule has 0 unspecified atom stereocenters. The Bertz CT molecular complexity index is 2600. The number of nitrogens with zero attached hydrogens (tertiary/aromatic N) is 5. The molecule has 5 nitrogen and oxygen atoms in total. The summed E-state index contributed by atoms with van der Waals surface area (Å²) >= 11 is 10.4. The van der Waals surface area contributed by atoms with Crippen molar-refractivity contribution in [1.82, 2.24) is 13.7 Å². The second-order valence-corrected chi connectivity index (χ2v) is 23.2. The van der Waals surface area contributed by atoms with Gasteiger partial charge >= 0.3 is 0 Å². The van der Waals surface area contributed by atoms with Gasteiger partial charge in [-0.3, -0.25) is 9.98 Å². The van der Waals surface area contributed by atoms with E-state index in [-0.39, 0.29) is 5.41 Å². The molecule has 0 atom stereocenters. The Balaban J connectivity index is 1.18. The molecule has 7 heterocycles. The van der Waals surface area contributed by atoms with Gasteiger partial charge in [-0.1, -0.05) is 124 Å². The van der Waals surface area contributed by atoms with E-state index in [0.717, 1.165) is 70.5 Å². The van der Waals surface area contributed by atoms with E-state index in [1.54, 1.807) is 0 Å². The molecule has 8 rings (SSSR count). The zero-order chi connectivity index (χ0) is 44.5. The van der Waals surface area contributed by atoms with Gasteiger partial charge in [-0.05, 0) is 98.0 Å². The van der Waals surface area contributed by atoms with Crippen LogP contribution in [-0.2, 0) is 18.3 Å². The van der Waals surface area contributed by atoms with E-state index < -0.39 is 0 Å². The number of rotatable bonds is 25. The topological polar surface area (TPSA) is 63.4 Å². The Morgan fingerprint density at radius 1 is 0.625 bits per heavy atom. The van der Waals surface area contributed by atoms with Crippen LogP contribution in [0.25, 0.3) is 47.4 Å². The summed E-state index contributed by atoms with van der Waals surface area (Å²) in [5.41, 5.74) is 10.8. The third kappa shape index (κ3) is 10.1. The summed E-state index contributed by atoms with van der Waals surface area (Å²) in [5, 5.41) is 0. The van der Waals surface area contributed by atoms with Crippen LogP contribution in [-0.4, -0.2) is 31.4 Å². The molecule has 0 amide bonds. The van der Waals surface area contributed by atoms with Gasteiger partial charge in [-0.15, -0.1) is 45.3 Å². The molecule has 338 valence electrons. The summed E-state index contributed by atoms with van der Waals surface area (Å²) in [6.45, 7) is 13.9. The van der Waals surface area contributed by atoms with Crippen LogP contribution in [0.4, 0.5) is 0 Å². The lowest BCUT2D eigenvalue weighted by molar-refractivity contribution is 0.402. The molecule has 6 aromatic heterocycles. The van der Waals surface area contributed by atoms with Crippen molar-refractivity contribution in [2.75, 3.05) is 6.26 Å². The van der Waals surface area contributed by atoms with Crippen molar-refractivity contribution in [3.63, 3.8) is 0 Å². The Morgan fingerprint density at radius 3 is 1.81 bits per heavy atom. The van der Waals surface area contributed by atoms with Gasteiger partial charge in [-0.2, -0.15) is 8.75 Å². The molecule has 0 fully saturated rings. The molecule has 11 heteroatoms. The molecular formula is C53H65N5S6. The summed E-state index contributed by atoms with van der Waals surface area (Å²) in [7, 11) is 0. The van der Waals surface area contributed by atoms with Crippen molar-refractivity contribution in [1.29, 1.82) is 0 Å². The van der Waals surface area contributed by atoms with Crippen LogP contribution in [0.15, 0.2) is 70.3 Å². The highest BCUT2D eigenvalue weighted by Gasteiger charge is 2.46. The molecule has 0 spiro atoms.